The van der Waals surface area contributed by atoms with Crippen molar-refractivity contribution < 1.29 is 0 Å². The van der Waals surface area contributed by atoms with E-state index in [9.17, 15) is 0 Å². The quantitative estimate of drug-likeness (QED) is 0.509. The Bertz CT molecular complexity index is 188. The average Bonchev–Trinajstić information content (AvgIpc) is 2.65. The number of hydrogen-bond acceptors (Lipinski definition) is 1. The summed E-state index contributed by atoms with van der Waals surface area (Å²) < 4.78 is 0. The second-order valence-electron chi connectivity index (χ2n) is 4.62. The number of aliphatic imine (C=N–C) groups is 1. The molecular formula is C10H20N2. The third kappa shape index (κ3) is 2.23. The van der Waals surface area contributed by atoms with Gasteiger partial charge in [0.2, 0.25) is 0 Å². The molecule has 1 fully saturated rings. The van der Waals surface area contributed by atoms with Crippen molar-refractivity contribution in [3.63, 3.8) is 0 Å². The lowest BCUT2D eigenvalue weighted by molar-refractivity contribution is 0.452. The van der Waals surface area contributed by atoms with Crippen LogP contribution in [0.15, 0.2) is 4.99 Å². The molecule has 2 nitrogen and oxygen atoms in total. The van der Waals surface area contributed by atoms with Crippen molar-refractivity contribution in [1.29, 1.82) is 0 Å². The molecule has 0 atom stereocenters. The molecule has 0 aromatic carbocycles. The average molecular weight is 168 g/mol. The molecule has 0 unspecified atom stereocenters. The summed E-state index contributed by atoms with van der Waals surface area (Å²) in [7, 11) is 0. The van der Waals surface area contributed by atoms with Crippen molar-refractivity contribution in [2.24, 2.45) is 22.6 Å². The fourth-order valence-corrected chi connectivity index (χ4v) is 1.34. The SMILES string of the molecule is CC(C)C(N)=NC(C)(C)C1CC1. The van der Waals surface area contributed by atoms with Crippen LogP contribution >= 0.6 is 0 Å². The zero-order valence-corrected chi connectivity index (χ0v) is 8.59. The van der Waals surface area contributed by atoms with Crippen molar-refractivity contribution in [2.75, 3.05) is 0 Å². The highest BCUT2D eigenvalue weighted by Gasteiger charge is 2.37. The van der Waals surface area contributed by atoms with E-state index in [1.165, 1.54) is 12.8 Å². The molecule has 0 amide bonds. The van der Waals surface area contributed by atoms with Crippen LogP contribution in [-0.4, -0.2) is 11.4 Å². The summed E-state index contributed by atoms with van der Waals surface area (Å²) in [5, 5.41) is 0. The first-order chi connectivity index (χ1) is 5.43. The van der Waals surface area contributed by atoms with E-state index < -0.39 is 0 Å². The van der Waals surface area contributed by atoms with Gasteiger partial charge in [0, 0.05) is 5.92 Å². The third-order valence-electron chi connectivity index (χ3n) is 2.59. The van der Waals surface area contributed by atoms with Gasteiger partial charge in [0.15, 0.2) is 0 Å². The number of nitrogens with two attached hydrogens (primary N) is 1. The first-order valence-electron chi connectivity index (χ1n) is 4.78. The normalized spacial score (nSPS) is 20.2. The lowest BCUT2D eigenvalue weighted by Crippen LogP contribution is -2.28. The predicted molar refractivity (Wildman–Crippen MR) is 53.3 cm³/mol. The van der Waals surface area contributed by atoms with E-state index in [0.29, 0.717) is 5.92 Å². The van der Waals surface area contributed by atoms with Gasteiger partial charge in [-0.15, -0.1) is 0 Å². The Morgan fingerprint density at radius 2 is 1.92 bits per heavy atom. The Balaban J connectivity index is 2.62. The molecule has 0 spiro atoms. The predicted octanol–water partition coefficient (Wildman–Crippen LogP) is 2.19. The van der Waals surface area contributed by atoms with Gasteiger partial charge in [-0.3, -0.25) is 4.99 Å². The van der Waals surface area contributed by atoms with Gasteiger partial charge in [-0.2, -0.15) is 0 Å². The molecule has 0 aromatic heterocycles. The minimum Gasteiger partial charge on any atom is -0.387 e. The van der Waals surface area contributed by atoms with Crippen LogP contribution in [0.5, 0.6) is 0 Å². The van der Waals surface area contributed by atoms with Crippen LogP contribution in [-0.2, 0) is 0 Å². The molecule has 0 aromatic rings. The molecule has 1 saturated carbocycles. The van der Waals surface area contributed by atoms with Crippen LogP contribution in [0.2, 0.25) is 0 Å². The molecule has 0 heterocycles. The molecule has 0 bridgehead atoms. The van der Waals surface area contributed by atoms with Crippen LogP contribution in [0.25, 0.3) is 0 Å². The molecule has 70 valence electrons. The summed E-state index contributed by atoms with van der Waals surface area (Å²) in [6.45, 7) is 8.53. The van der Waals surface area contributed by atoms with E-state index >= 15 is 0 Å². The topological polar surface area (TPSA) is 38.4 Å². The van der Waals surface area contributed by atoms with E-state index in [-0.39, 0.29) is 5.54 Å². The first-order valence-corrected chi connectivity index (χ1v) is 4.78. The van der Waals surface area contributed by atoms with Gasteiger partial charge in [0.05, 0.1) is 11.4 Å². The number of amidine groups is 1. The molecule has 12 heavy (non-hydrogen) atoms. The van der Waals surface area contributed by atoms with Gasteiger partial charge in [-0.1, -0.05) is 13.8 Å². The highest BCUT2D eigenvalue weighted by molar-refractivity contribution is 5.82. The summed E-state index contributed by atoms with van der Waals surface area (Å²) in [6.07, 6.45) is 2.64. The lowest BCUT2D eigenvalue weighted by Gasteiger charge is -2.20. The monoisotopic (exact) mass is 168 g/mol. The van der Waals surface area contributed by atoms with Gasteiger partial charge in [-0.25, -0.2) is 0 Å². The molecule has 1 rings (SSSR count). The second-order valence-corrected chi connectivity index (χ2v) is 4.62. The zero-order chi connectivity index (χ0) is 9.35. The highest BCUT2D eigenvalue weighted by Crippen LogP contribution is 2.41. The molecule has 0 radical (unpaired) electrons. The molecule has 1 aliphatic rings. The Morgan fingerprint density at radius 1 is 1.42 bits per heavy atom. The maximum atomic E-state index is 5.82. The fourth-order valence-electron chi connectivity index (χ4n) is 1.34. The molecular weight excluding hydrogens is 148 g/mol. The number of nitrogens with zero attached hydrogens (tertiary/aromatic N) is 1. The molecule has 2 heteroatoms. The largest absolute Gasteiger partial charge is 0.387 e. The maximum Gasteiger partial charge on any atom is 0.0969 e. The molecule has 1 aliphatic carbocycles. The fraction of sp³-hybridized carbons (Fsp3) is 0.900. The van der Waals surface area contributed by atoms with Crippen LogP contribution in [0.3, 0.4) is 0 Å². The molecule has 0 aliphatic heterocycles. The molecule has 2 N–H and O–H groups in total. The zero-order valence-electron chi connectivity index (χ0n) is 8.59. The minimum atomic E-state index is 0.0777. The van der Waals surface area contributed by atoms with Gasteiger partial charge in [0.25, 0.3) is 0 Å². The van der Waals surface area contributed by atoms with Crippen LogP contribution in [0.1, 0.15) is 40.5 Å². The van der Waals surface area contributed by atoms with Gasteiger partial charge in [0.1, 0.15) is 0 Å². The number of rotatable bonds is 3. The van der Waals surface area contributed by atoms with E-state index in [1.54, 1.807) is 0 Å². The van der Waals surface area contributed by atoms with E-state index in [1.807, 2.05) is 0 Å². The van der Waals surface area contributed by atoms with Crippen molar-refractivity contribution in [2.45, 2.75) is 46.1 Å². The van der Waals surface area contributed by atoms with Crippen molar-refractivity contribution in [3.05, 3.63) is 0 Å². The molecule has 0 saturated heterocycles. The Morgan fingerprint density at radius 3 is 2.25 bits per heavy atom. The van der Waals surface area contributed by atoms with E-state index in [0.717, 1.165) is 11.8 Å². The lowest BCUT2D eigenvalue weighted by atomic mass is 9.99. The van der Waals surface area contributed by atoms with Gasteiger partial charge < -0.3 is 5.73 Å². The summed E-state index contributed by atoms with van der Waals surface area (Å²) in [4.78, 5) is 4.56. The van der Waals surface area contributed by atoms with Crippen molar-refractivity contribution >= 4 is 5.84 Å². The van der Waals surface area contributed by atoms with Crippen molar-refractivity contribution in [1.82, 2.24) is 0 Å². The Hall–Kier alpha value is -0.530. The summed E-state index contributed by atoms with van der Waals surface area (Å²) >= 11 is 0. The summed E-state index contributed by atoms with van der Waals surface area (Å²) in [5.74, 6) is 1.95. The number of hydrogen-bond donors (Lipinski definition) is 1. The first kappa shape index (κ1) is 9.56. The smallest absolute Gasteiger partial charge is 0.0969 e. The Labute approximate surface area is 75.3 Å². The van der Waals surface area contributed by atoms with E-state index in [4.69, 9.17) is 5.73 Å². The van der Waals surface area contributed by atoms with Crippen LogP contribution in [0.4, 0.5) is 0 Å². The van der Waals surface area contributed by atoms with Crippen LogP contribution in [0, 0.1) is 11.8 Å². The second kappa shape index (κ2) is 3.08. The summed E-state index contributed by atoms with van der Waals surface area (Å²) in [6, 6.07) is 0. The van der Waals surface area contributed by atoms with Crippen LogP contribution < -0.4 is 5.73 Å². The Kier molecular flexibility index (Phi) is 2.45. The van der Waals surface area contributed by atoms with E-state index in [2.05, 4.69) is 32.7 Å². The maximum absolute atomic E-state index is 5.82. The van der Waals surface area contributed by atoms with Gasteiger partial charge in [-0.05, 0) is 32.6 Å². The standard InChI is InChI=1S/C10H20N2/c1-7(2)9(11)12-10(3,4)8-5-6-8/h7-8H,5-6H2,1-4H3,(H2,11,12). The highest BCUT2D eigenvalue weighted by atomic mass is 14.9. The minimum absolute atomic E-state index is 0.0777. The third-order valence-corrected chi connectivity index (χ3v) is 2.59. The van der Waals surface area contributed by atoms with Crippen molar-refractivity contribution in [3.8, 4) is 0 Å². The summed E-state index contributed by atoms with van der Waals surface area (Å²) in [5.41, 5.74) is 5.90. The van der Waals surface area contributed by atoms with Gasteiger partial charge >= 0.3 is 0 Å².